The average molecular weight is 450 g/mol. The highest BCUT2D eigenvalue weighted by Crippen LogP contribution is 2.46. The van der Waals surface area contributed by atoms with E-state index in [1.165, 1.54) is 27.4 Å². The van der Waals surface area contributed by atoms with Gasteiger partial charge in [-0.2, -0.15) is 0 Å². The van der Waals surface area contributed by atoms with Gasteiger partial charge in [-0.15, -0.1) is 0 Å². The normalized spacial score (nSPS) is 12.6. The van der Waals surface area contributed by atoms with Crippen molar-refractivity contribution in [3.8, 4) is 34.5 Å². The molecule has 2 aromatic rings. The molecule has 12 heteroatoms. The molecule has 2 N–H and O–H groups in total. The maximum absolute atomic E-state index is 12.7. The second-order valence-corrected chi connectivity index (χ2v) is 6.49. The van der Waals surface area contributed by atoms with E-state index in [1.54, 1.807) is 18.2 Å². The lowest BCUT2D eigenvalue weighted by Gasteiger charge is -2.16. The molecule has 0 bridgehead atoms. The van der Waals surface area contributed by atoms with Crippen molar-refractivity contribution in [2.45, 2.75) is 6.10 Å². The van der Waals surface area contributed by atoms with Gasteiger partial charge in [0.2, 0.25) is 18.3 Å². The highest BCUT2D eigenvalue weighted by atomic mass is 16.7. The molecule has 1 amide bonds. The minimum absolute atomic E-state index is 0.0181. The van der Waals surface area contributed by atoms with Gasteiger partial charge in [0.25, 0.3) is 5.91 Å². The third-order valence-corrected chi connectivity index (χ3v) is 4.52. The number of hydrogen-bond acceptors (Lipinski definition) is 10. The van der Waals surface area contributed by atoms with Gasteiger partial charge in [0.05, 0.1) is 26.3 Å². The van der Waals surface area contributed by atoms with Crippen LogP contribution in [0.3, 0.4) is 0 Å². The number of aliphatic hydroxyl groups excluding tert-OH is 1. The molecule has 3 rings (SSSR count). The molecule has 0 aromatic heterocycles. The maximum atomic E-state index is 12.7. The van der Waals surface area contributed by atoms with Gasteiger partial charge in [-0.3, -0.25) is 14.9 Å². The van der Waals surface area contributed by atoms with E-state index in [0.29, 0.717) is 17.2 Å². The summed E-state index contributed by atoms with van der Waals surface area (Å²) in [6.45, 7) is -0.241. The molecule has 12 nitrogen and oxygen atoms in total. The summed E-state index contributed by atoms with van der Waals surface area (Å²) in [7, 11) is 3.82. The summed E-state index contributed by atoms with van der Waals surface area (Å²) in [4.78, 5) is 23.5. The summed E-state index contributed by atoms with van der Waals surface area (Å²) in [6.07, 6.45) is -1.09. The Balaban J connectivity index is 1.67. The smallest absolute Gasteiger partial charge is 0.327 e. The Hall–Kier alpha value is -3.93. The van der Waals surface area contributed by atoms with Crippen molar-refractivity contribution in [3.63, 3.8) is 0 Å². The fourth-order valence-corrected chi connectivity index (χ4v) is 3.02. The maximum Gasteiger partial charge on any atom is 0.327 e. The second-order valence-electron chi connectivity index (χ2n) is 6.49. The molecular weight excluding hydrogens is 428 g/mol. The van der Waals surface area contributed by atoms with Crippen LogP contribution in [0.4, 0.5) is 5.69 Å². The largest absolute Gasteiger partial charge is 0.493 e. The zero-order valence-corrected chi connectivity index (χ0v) is 17.6. The lowest BCUT2D eigenvalue weighted by atomic mass is 10.1. The van der Waals surface area contributed by atoms with Gasteiger partial charge in [-0.1, -0.05) is 0 Å². The van der Waals surface area contributed by atoms with Crippen molar-refractivity contribution >= 4 is 11.6 Å². The summed E-state index contributed by atoms with van der Waals surface area (Å²) in [6, 6.07) is 6.12. The lowest BCUT2D eigenvalue weighted by molar-refractivity contribution is -0.386. The number of benzene rings is 2. The summed E-state index contributed by atoms with van der Waals surface area (Å²) in [5.74, 6) is 0.561. The van der Waals surface area contributed by atoms with E-state index in [-0.39, 0.29) is 42.8 Å². The van der Waals surface area contributed by atoms with Gasteiger partial charge in [0.15, 0.2) is 17.2 Å². The number of fused-ring (bicyclic) bond motifs is 1. The van der Waals surface area contributed by atoms with E-state index < -0.39 is 22.6 Å². The number of carbonyl (C=O) groups is 1. The molecular formula is C20H22N2O10. The monoisotopic (exact) mass is 450 g/mol. The third kappa shape index (κ3) is 4.70. The van der Waals surface area contributed by atoms with Crippen LogP contribution >= 0.6 is 0 Å². The van der Waals surface area contributed by atoms with Crippen LogP contribution in [0.1, 0.15) is 10.4 Å². The van der Waals surface area contributed by atoms with Crippen molar-refractivity contribution in [2.75, 3.05) is 41.3 Å². The first-order chi connectivity index (χ1) is 15.4. The van der Waals surface area contributed by atoms with Gasteiger partial charge >= 0.3 is 5.69 Å². The van der Waals surface area contributed by atoms with Crippen LogP contribution in [0, 0.1) is 10.1 Å². The second kappa shape index (κ2) is 9.92. The van der Waals surface area contributed by atoms with Crippen LogP contribution < -0.4 is 33.7 Å². The summed E-state index contributed by atoms with van der Waals surface area (Å²) in [5.41, 5.74) is -0.901. The van der Waals surface area contributed by atoms with E-state index in [1.807, 2.05) is 0 Å². The summed E-state index contributed by atoms with van der Waals surface area (Å²) in [5, 5.41) is 24.2. The fourth-order valence-electron chi connectivity index (χ4n) is 3.02. The molecule has 0 saturated heterocycles. The molecule has 1 aliphatic heterocycles. The number of nitrogens with zero attached hydrogens (tertiary/aromatic N) is 1. The Morgan fingerprint density at radius 3 is 2.53 bits per heavy atom. The minimum atomic E-state index is -1.09. The Morgan fingerprint density at radius 2 is 1.88 bits per heavy atom. The van der Waals surface area contributed by atoms with Crippen molar-refractivity contribution < 1.29 is 43.2 Å². The number of aliphatic hydroxyl groups is 1. The van der Waals surface area contributed by atoms with Crippen LogP contribution in [0.5, 0.6) is 34.5 Å². The molecule has 0 aliphatic carbocycles. The van der Waals surface area contributed by atoms with Crippen LogP contribution in [-0.4, -0.2) is 63.3 Å². The van der Waals surface area contributed by atoms with Gasteiger partial charge in [0, 0.05) is 18.7 Å². The molecule has 172 valence electrons. The van der Waals surface area contributed by atoms with Crippen molar-refractivity contribution in [2.24, 2.45) is 0 Å². The predicted molar refractivity (Wildman–Crippen MR) is 109 cm³/mol. The predicted octanol–water partition coefficient (Wildman–Crippen LogP) is 1.52. The quantitative estimate of drug-likeness (QED) is 0.403. The molecule has 0 fully saturated rings. The Kier molecular flexibility index (Phi) is 7.05. The first kappa shape index (κ1) is 22.7. The Morgan fingerprint density at radius 1 is 1.16 bits per heavy atom. The molecule has 32 heavy (non-hydrogen) atoms. The highest BCUT2D eigenvalue weighted by molar-refractivity contribution is 6.00. The van der Waals surface area contributed by atoms with Gasteiger partial charge in [-0.05, 0) is 12.1 Å². The number of rotatable bonds is 10. The van der Waals surface area contributed by atoms with Gasteiger partial charge in [-0.25, -0.2) is 0 Å². The van der Waals surface area contributed by atoms with Gasteiger partial charge < -0.3 is 38.8 Å². The van der Waals surface area contributed by atoms with Crippen molar-refractivity contribution in [1.29, 1.82) is 0 Å². The fraction of sp³-hybridized carbons (Fsp3) is 0.350. The number of nitro benzene ring substituents is 1. The van der Waals surface area contributed by atoms with E-state index in [9.17, 15) is 20.0 Å². The number of ether oxygens (including phenoxy) is 6. The standard InChI is InChI=1S/C20H22N2O10/c1-27-16-7-13(17(22(25)26)19(29-3)18(16)28-2)20(24)21-8-11(23)9-30-12-4-5-14-15(6-12)32-10-31-14/h4-7,11,23H,8-10H2,1-3H3,(H,21,24). The van der Waals surface area contributed by atoms with Crippen LogP contribution in [0.25, 0.3) is 0 Å². The van der Waals surface area contributed by atoms with E-state index in [4.69, 9.17) is 28.4 Å². The Labute approximate surface area is 182 Å². The number of amides is 1. The first-order valence-electron chi connectivity index (χ1n) is 9.35. The number of carbonyl (C=O) groups excluding carboxylic acids is 1. The third-order valence-electron chi connectivity index (χ3n) is 4.52. The van der Waals surface area contributed by atoms with Crippen LogP contribution in [-0.2, 0) is 0 Å². The van der Waals surface area contributed by atoms with Crippen molar-refractivity contribution in [3.05, 3.63) is 39.9 Å². The number of nitrogens with one attached hydrogen (secondary N) is 1. The Bertz CT molecular complexity index is 1010. The highest BCUT2D eigenvalue weighted by Gasteiger charge is 2.32. The zero-order valence-electron chi connectivity index (χ0n) is 17.6. The van der Waals surface area contributed by atoms with E-state index >= 15 is 0 Å². The molecule has 1 atom stereocenters. The molecule has 1 aliphatic rings. The lowest BCUT2D eigenvalue weighted by Crippen LogP contribution is -2.35. The number of hydrogen-bond donors (Lipinski definition) is 2. The topological polar surface area (TPSA) is 148 Å². The van der Waals surface area contributed by atoms with Gasteiger partial charge in [0.1, 0.15) is 24.0 Å². The van der Waals surface area contributed by atoms with E-state index in [2.05, 4.69) is 5.32 Å². The average Bonchev–Trinajstić information content (AvgIpc) is 3.27. The molecule has 1 heterocycles. The zero-order chi connectivity index (χ0) is 23.3. The molecule has 1 unspecified atom stereocenters. The number of nitro groups is 1. The number of methoxy groups -OCH3 is 3. The van der Waals surface area contributed by atoms with Crippen molar-refractivity contribution in [1.82, 2.24) is 5.32 Å². The summed E-state index contributed by atoms with van der Waals surface area (Å²) < 4.78 is 31.3. The van der Waals surface area contributed by atoms with Crippen LogP contribution in [0.15, 0.2) is 24.3 Å². The molecule has 0 saturated carbocycles. The minimum Gasteiger partial charge on any atom is -0.493 e. The molecule has 0 spiro atoms. The summed E-state index contributed by atoms with van der Waals surface area (Å²) >= 11 is 0. The molecule has 0 radical (unpaired) electrons. The SMILES string of the molecule is COc1cc(C(=O)NCC(O)COc2ccc3c(c2)OCO3)c([N+](=O)[O-])c(OC)c1OC. The van der Waals surface area contributed by atoms with Crippen LogP contribution in [0.2, 0.25) is 0 Å². The van der Waals surface area contributed by atoms with E-state index in [0.717, 1.165) is 0 Å². The first-order valence-corrected chi connectivity index (χ1v) is 9.35. The molecule has 2 aromatic carbocycles.